The van der Waals surface area contributed by atoms with Crippen molar-refractivity contribution in [2.45, 2.75) is 38.7 Å². The highest BCUT2D eigenvalue weighted by atomic mass is 16.5. The van der Waals surface area contributed by atoms with E-state index >= 15 is 0 Å². The first kappa shape index (κ1) is 16.0. The summed E-state index contributed by atoms with van der Waals surface area (Å²) in [6.07, 6.45) is 3.64. The van der Waals surface area contributed by atoms with Gasteiger partial charge in [-0.1, -0.05) is 0 Å². The third-order valence-corrected chi connectivity index (χ3v) is 4.81. The van der Waals surface area contributed by atoms with Gasteiger partial charge in [-0.2, -0.15) is 5.10 Å². The van der Waals surface area contributed by atoms with E-state index in [2.05, 4.69) is 20.2 Å². The van der Waals surface area contributed by atoms with E-state index in [0.29, 0.717) is 36.9 Å². The molecule has 0 bridgehead atoms. The molecule has 0 aromatic carbocycles. The van der Waals surface area contributed by atoms with Crippen molar-refractivity contribution < 1.29 is 9.53 Å². The molecule has 3 heterocycles. The summed E-state index contributed by atoms with van der Waals surface area (Å²) in [4.78, 5) is 33.4. The van der Waals surface area contributed by atoms with E-state index in [4.69, 9.17) is 4.74 Å². The van der Waals surface area contributed by atoms with Crippen LogP contribution in [0.15, 0.2) is 10.9 Å². The van der Waals surface area contributed by atoms with E-state index in [1.165, 1.54) is 6.07 Å². The van der Waals surface area contributed by atoms with E-state index < -0.39 is 6.10 Å². The molecule has 25 heavy (non-hydrogen) atoms. The summed E-state index contributed by atoms with van der Waals surface area (Å²) in [5.74, 6) is 0.384. The molecular weight excluding hydrogens is 322 g/mol. The Bertz CT molecular complexity index is 856. The van der Waals surface area contributed by atoms with Gasteiger partial charge in [0.1, 0.15) is 11.9 Å². The van der Waals surface area contributed by atoms with Crippen molar-refractivity contribution in [2.75, 3.05) is 19.7 Å². The van der Waals surface area contributed by atoms with Crippen LogP contribution in [-0.4, -0.2) is 50.7 Å². The molecule has 2 aliphatic rings. The fraction of sp³-hybridized carbons (Fsp3) is 0.529. The highest BCUT2D eigenvalue weighted by Gasteiger charge is 2.31. The zero-order valence-corrected chi connectivity index (χ0v) is 14.2. The minimum atomic E-state index is -0.430. The van der Waals surface area contributed by atoms with Gasteiger partial charge >= 0.3 is 0 Å². The standard InChI is InChI=1S/C17H21N5O3/c1-10-8-14(23)19-16(18-10)13-9-22(6-7-25-13)17(24)15-11-4-2-3-5-12(11)20-21-15/h8,13H,2-7,9H2,1H3,(H,20,21)(H,18,19,23). The fourth-order valence-corrected chi connectivity index (χ4v) is 3.56. The number of carbonyl (C=O) groups excluding carboxylic acids is 1. The Balaban J connectivity index is 1.56. The van der Waals surface area contributed by atoms with Crippen molar-refractivity contribution in [2.24, 2.45) is 0 Å². The molecule has 2 aromatic rings. The number of aryl methyl sites for hydroxylation is 2. The van der Waals surface area contributed by atoms with Crippen molar-refractivity contribution in [3.05, 3.63) is 44.9 Å². The average molecular weight is 343 g/mol. The number of aromatic amines is 2. The number of aromatic nitrogens is 4. The fourth-order valence-electron chi connectivity index (χ4n) is 3.56. The van der Waals surface area contributed by atoms with Gasteiger partial charge in [0.2, 0.25) is 0 Å². The third kappa shape index (κ3) is 3.09. The van der Waals surface area contributed by atoms with Gasteiger partial charge in [-0.15, -0.1) is 0 Å². The van der Waals surface area contributed by atoms with Gasteiger partial charge in [0.25, 0.3) is 11.5 Å². The SMILES string of the molecule is Cc1cc(=O)[nH]c(C2CN(C(=O)c3n[nH]c4c3CCCC4)CCO2)n1. The molecular formula is C17H21N5O3. The van der Waals surface area contributed by atoms with Crippen molar-refractivity contribution in [1.82, 2.24) is 25.1 Å². The van der Waals surface area contributed by atoms with Crippen molar-refractivity contribution in [1.29, 1.82) is 0 Å². The number of morpholine rings is 1. The van der Waals surface area contributed by atoms with Crippen LogP contribution < -0.4 is 5.56 Å². The lowest BCUT2D eigenvalue weighted by Crippen LogP contribution is -2.43. The Labute approximate surface area is 144 Å². The number of hydrogen-bond donors (Lipinski definition) is 2. The molecule has 0 radical (unpaired) electrons. The average Bonchev–Trinajstić information content (AvgIpc) is 3.04. The maximum Gasteiger partial charge on any atom is 0.274 e. The molecule has 1 aliphatic carbocycles. The third-order valence-electron chi connectivity index (χ3n) is 4.81. The van der Waals surface area contributed by atoms with Gasteiger partial charge in [-0.25, -0.2) is 4.98 Å². The van der Waals surface area contributed by atoms with Gasteiger partial charge in [-0.05, 0) is 32.6 Å². The summed E-state index contributed by atoms with van der Waals surface area (Å²) in [5, 5.41) is 7.28. The number of nitrogens with one attached hydrogen (secondary N) is 2. The molecule has 0 saturated carbocycles. The van der Waals surface area contributed by atoms with Crippen LogP contribution in [0.1, 0.15) is 52.2 Å². The lowest BCUT2D eigenvalue weighted by molar-refractivity contribution is -0.0272. The van der Waals surface area contributed by atoms with Crippen molar-refractivity contribution in [3.63, 3.8) is 0 Å². The lowest BCUT2D eigenvalue weighted by atomic mass is 9.95. The molecule has 1 amide bonds. The predicted octanol–water partition coefficient (Wildman–Crippen LogP) is 0.894. The number of fused-ring (bicyclic) bond motifs is 1. The second-order valence-corrected chi connectivity index (χ2v) is 6.62. The Morgan fingerprint density at radius 1 is 1.36 bits per heavy atom. The first-order valence-corrected chi connectivity index (χ1v) is 8.66. The number of amides is 1. The molecule has 1 saturated heterocycles. The van der Waals surface area contributed by atoms with Crippen molar-refractivity contribution in [3.8, 4) is 0 Å². The van der Waals surface area contributed by atoms with Gasteiger partial charge in [0.05, 0.1) is 13.2 Å². The highest BCUT2D eigenvalue weighted by Crippen LogP contribution is 2.25. The molecule has 2 aromatic heterocycles. The van der Waals surface area contributed by atoms with Gasteiger partial charge in [0.15, 0.2) is 5.69 Å². The molecule has 1 atom stereocenters. The van der Waals surface area contributed by atoms with Gasteiger partial charge < -0.3 is 14.6 Å². The topological polar surface area (TPSA) is 104 Å². The summed E-state index contributed by atoms with van der Waals surface area (Å²) in [6, 6.07) is 1.44. The van der Waals surface area contributed by atoms with E-state index in [1.807, 2.05) is 0 Å². The first-order valence-electron chi connectivity index (χ1n) is 8.66. The van der Waals surface area contributed by atoms with Crippen molar-refractivity contribution >= 4 is 5.91 Å². The molecule has 1 aliphatic heterocycles. The zero-order valence-electron chi connectivity index (χ0n) is 14.2. The highest BCUT2D eigenvalue weighted by molar-refractivity contribution is 5.94. The van der Waals surface area contributed by atoms with Crippen LogP contribution >= 0.6 is 0 Å². The molecule has 8 nitrogen and oxygen atoms in total. The Kier molecular flexibility index (Phi) is 4.12. The summed E-state index contributed by atoms with van der Waals surface area (Å²) >= 11 is 0. The number of carbonyl (C=O) groups is 1. The summed E-state index contributed by atoms with van der Waals surface area (Å²) < 4.78 is 5.73. The number of hydrogen-bond acceptors (Lipinski definition) is 5. The molecule has 2 N–H and O–H groups in total. The Hall–Kier alpha value is -2.48. The minimum absolute atomic E-state index is 0.0808. The first-order chi connectivity index (χ1) is 12.1. The van der Waals surface area contributed by atoms with E-state index in [9.17, 15) is 9.59 Å². The Morgan fingerprint density at radius 2 is 2.20 bits per heavy atom. The maximum atomic E-state index is 12.9. The molecule has 0 spiro atoms. The van der Waals surface area contributed by atoms with Crippen LogP contribution in [0.4, 0.5) is 0 Å². The van der Waals surface area contributed by atoms with Gasteiger partial charge in [-0.3, -0.25) is 14.7 Å². The number of ether oxygens (including phenoxy) is 1. The normalized spacial score (nSPS) is 20.4. The van der Waals surface area contributed by atoms with Crippen LogP contribution in [0.5, 0.6) is 0 Å². The minimum Gasteiger partial charge on any atom is -0.367 e. The second-order valence-electron chi connectivity index (χ2n) is 6.62. The summed E-state index contributed by atoms with van der Waals surface area (Å²) in [5.41, 5.74) is 3.09. The number of rotatable bonds is 2. The van der Waals surface area contributed by atoms with Crippen LogP contribution in [0, 0.1) is 6.92 Å². The molecule has 132 valence electrons. The number of H-pyrrole nitrogens is 2. The van der Waals surface area contributed by atoms with Crippen LogP contribution in [0.25, 0.3) is 0 Å². The monoisotopic (exact) mass is 343 g/mol. The molecule has 1 fully saturated rings. The molecule has 8 heteroatoms. The summed E-state index contributed by atoms with van der Waals surface area (Å²) in [6.45, 7) is 3.03. The van der Waals surface area contributed by atoms with Crippen LogP contribution in [0.2, 0.25) is 0 Å². The quantitative estimate of drug-likeness (QED) is 0.843. The largest absolute Gasteiger partial charge is 0.367 e. The second kappa shape index (κ2) is 6.44. The zero-order chi connectivity index (χ0) is 17.4. The molecule has 4 rings (SSSR count). The van der Waals surface area contributed by atoms with E-state index in [-0.39, 0.29) is 11.5 Å². The number of nitrogens with zero attached hydrogens (tertiary/aromatic N) is 3. The smallest absolute Gasteiger partial charge is 0.274 e. The van der Waals surface area contributed by atoms with E-state index in [1.54, 1.807) is 11.8 Å². The predicted molar refractivity (Wildman–Crippen MR) is 89.4 cm³/mol. The van der Waals surface area contributed by atoms with Gasteiger partial charge in [0, 0.05) is 29.6 Å². The summed E-state index contributed by atoms with van der Waals surface area (Å²) in [7, 11) is 0. The van der Waals surface area contributed by atoms with Crippen LogP contribution in [-0.2, 0) is 17.6 Å². The van der Waals surface area contributed by atoms with Crippen LogP contribution in [0.3, 0.4) is 0 Å². The molecule has 1 unspecified atom stereocenters. The Morgan fingerprint density at radius 3 is 3.04 bits per heavy atom. The lowest BCUT2D eigenvalue weighted by Gasteiger charge is -2.32. The van der Waals surface area contributed by atoms with E-state index in [0.717, 1.165) is 36.9 Å². The maximum absolute atomic E-state index is 12.9.